The van der Waals surface area contributed by atoms with Crippen LogP contribution >= 0.6 is 11.6 Å². The molecule has 0 aromatic heterocycles. The van der Waals surface area contributed by atoms with E-state index in [9.17, 15) is 4.79 Å². The van der Waals surface area contributed by atoms with Crippen molar-refractivity contribution in [2.75, 3.05) is 17.2 Å². The molecule has 2 aromatic carbocycles. The molecule has 5 heteroatoms. The van der Waals surface area contributed by atoms with Gasteiger partial charge in [-0.05, 0) is 42.3 Å². The number of anilines is 2. The number of ether oxygens (including phenoxy) is 1. The Hall–Kier alpha value is -2.20. The molecule has 0 fully saturated rings. The number of halogens is 1. The van der Waals surface area contributed by atoms with E-state index in [0.29, 0.717) is 18.0 Å². The summed E-state index contributed by atoms with van der Waals surface area (Å²) in [7, 11) is 0. The lowest BCUT2D eigenvalue weighted by atomic mass is 10.1. The lowest BCUT2D eigenvalue weighted by Gasteiger charge is -2.19. The Bertz CT molecular complexity index is 701. The Morgan fingerprint density at radius 1 is 1.33 bits per heavy atom. The Morgan fingerprint density at radius 3 is 3.05 bits per heavy atom. The zero-order valence-electron chi connectivity index (χ0n) is 11.6. The van der Waals surface area contributed by atoms with E-state index in [4.69, 9.17) is 16.3 Å². The summed E-state index contributed by atoms with van der Waals surface area (Å²) < 4.78 is 5.34. The first-order valence-corrected chi connectivity index (χ1v) is 7.06. The quantitative estimate of drug-likeness (QED) is 0.911. The molecule has 2 N–H and O–H groups in total. The summed E-state index contributed by atoms with van der Waals surface area (Å²) in [5, 5.41) is 6.90. The van der Waals surface area contributed by atoms with Crippen molar-refractivity contribution in [1.29, 1.82) is 0 Å². The molecular formula is C16H15ClN2O2. The topological polar surface area (TPSA) is 50.4 Å². The van der Waals surface area contributed by atoms with Gasteiger partial charge < -0.3 is 15.4 Å². The summed E-state index contributed by atoms with van der Waals surface area (Å²) in [6.45, 7) is 2.70. The van der Waals surface area contributed by atoms with Crippen LogP contribution < -0.4 is 15.4 Å². The Kier molecular flexibility index (Phi) is 3.71. The van der Waals surface area contributed by atoms with Crippen molar-refractivity contribution in [1.82, 2.24) is 0 Å². The zero-order chi connectivity index (χ0) is 14.8. The van der Waals surface area contributed by atoms with Crippen LogP contribution in [0.25, 0.3) is 0 Å². The molecule has 108 valence electrons. The Morgan fingerprint density at radius 2 is 2.19 bits per heavy atom. The number of hydrogen-bond acceptors (Lipinski definition) is 3. The SMILES string of the molecule is Cc1c(Cl)cccc1NCc1ccc2c(c1)NC(=O)CO2. The minimum atomic E-state index is -0.127. The van der Waals surface area contributed by atoms with Crippen LogP contribution in [0.15, 0.2) is 36.4 Å². The number of hydrogen-bond donors (Lipinski definition) is 2. The highest BCUT2D eigenvalue weighted by molar-refractivity contribution is 6.31. The lowest BCUT2D eigenvalue weighted by Crippen LogP contribution is -2.25. The lowest BCUT2D eigenvalue weighted by molar-refractivity contribution is -0.118. The maximum atomic E-state index is 11.3. The van der Waals surface area contributed by atoms with Gasteiger partial charge in [0.05, 0.1) is 5.69 Å². The van der Waals surface area contributed by atoms with Crippen molar-refractivity contribution in [3.05, 3.63) is 52.5 Å². The third kappa shape index (κ3) is 2.95. The van der Waals surface area contributed by atoms with Gasteiger partial charge in [-0.3, -0.25) is 4.79 Å². The summed E-state index contributed by atoms with van der Waals surface area (Å²) in [5.41, 5.74) is 3.79. The molecule has 1 heterocycles. The highest BCUT2D eigenvalue weighted by Crippen LogP contribution is 2.29. The fourth-order valence-corrected chi connectivity index (χ4v) is 2.41. The van der Waals surface area contributed by atoms with Crippen LogP contribution in [0.4, 0.5) is 11.4 Å². The molecule has 1 aliphatic heterocycles. The third-order valence-corrected chi connectivity index (χ3v) is 3.84. The third-order valence-electron chi connectivity index (χ3n) is 3.43. The van der Waals surface area contributed by atoms with Crippen molar-refractivity contribution in [2.45, 2.75) is 13.5 Å². The van der Waals surface area contributed by atoms with Gasteiger partial charge in [0, 0.05) is 17.3 Å². The van der Waals surface area contributed by atoms with Crippen LogP contribution in [0.3, 0.4) is 0 Å². The second-order valence-electron chi connectivity index (χ2n) is 4.93. The Labute approximate surface area is 128 Å². The van der Waals surface area contributed by atoms with Crippen molar-refractivity contribution >= 4 is 28.9 Å². The minimum absolute atomic E-state index is 0.0757. The van der Waals surface area contributed by atoms with Crippen LogP contribution in [0.2, 0.25) is 5.02 Å². The maximum absolute atomic E-state index is 11.3. The number of nitrogens with one attached hydrogen (secondary N) is 2. The smallest absolute Gasteiger partial charge is 0.262 e. The molecule has 1 amide bonds. The molecule has 2 aromatic rings. The number of rotatable bonds is 3. The first-order chi connectivity index (χ1) is 10.1. The van der Waals surface area contributed by atoms with E-state index in [1.165, 1.54) is 0 Å². The van der Waals surface area contributed by atoms with Gasteiger partial charge >= 0.3 is 0 Å². The maximum Gasteiger partial charge on any atom is 0.262 e. The number of benzene rings is 2. The highest BCUT2D eigenvalue weighted by atomic mass is 35.5. The largest absolute Gasteiger partial charge is 0.482 e. The molecule has 0 spiro atoms. The minimum Gasteiger partial charge on any atom is -0.482 e. The number of amides is 1. The van der Waals surface area contributed by atoms with Crippen LogP contribution in [0.1, 0.15) is 11.1 Å². The van der Waals surface area contributed by atoms with Crippen molar-refractivity contribution in [3.63, 3.8) is 0 Å². The fraction of sp³-hybridized carbons (Fsp3) is 0.188. The monoisotopic (exact) mass is 302 g/mol. The molecule has 3 rings (SSSR count). The van der Waals surface area contributed by atoms with Gasteiger partial charge in [0.15, 0.2) is 6.61 Å². The molecule has 0 saturated heterocycles. The predicted molar refractivity (Wildman–Crippen MR) is 84.1 cm³/mol. The van der Waals surface area contributed by atoms with Crippen LogP contribution in [0, 0.1) is 6.92 Å². The average molecular weight is 303 g/mol. The Balaban J connectivity index is 1.75. The predicted octanol–water partition coefficient (Wildman–Crippen LogP) is 3.59. The second-order valence-corrected chi connectivity index (χ2v) is 5.34. The molecule has 0 saturated carbocycles. The summed E-state index contributed by atoms with van der Waals surface area (Å²) >= 11 is 6.10. The first-order valence-electron chi connectivity index (χ1n) is 6.68. The van der Waals surface area contributed by atoms with Crippen molar-refractivity contribution in [3.8, 4) is 5.75 Å². The van der Waals surface area contributed by atoms with Crippen molar-refractivity contribution in [2.24, 2.45) is 0 Å². The fourth-order valence-electron chi connectivity index (χ4n) is 2.24. The summed E-state index contributed by atoms with van der Waals surface area (Å²) in [6.07, 6.45) is 0. The van der Waals surface area contributed by atoms with Gasteiger partial charge in [-0.1, -0.05) is 23.7 Å². The first kappa shape index (κ1) is 13.8. The highest BCUT2D eigenvalue weighted by Gasteiger charge is 2.15. The molecular weight excluding hydrogens is 288 g/mol. The van der Waals surface area contributed by atoms with Gasteiger partial charge in [-0.15, -0.1) is 0 Å². The van der Waals surface area contributed by atoms with Crippen LogP contribution in [-0.4, -0.2) is 12.5 Å². The van der Waals surface area contributed by atoms with Gasteiger partial charge in [0.2, 0.25) is 0 Å². The standard InChI is InChI=1S/C16H15ClN2O2/c1-10-12(17)3-2-4-13(10)18-8-11-5-6-15-14(7-11)19-16(20)9-21-15/h2-7,18H,8-9H2,1H3,(H,19,20). The van der Waals surface area contributed by atoms with Gasteiger partial charge in [-0.2, -0.15) is 0 Å². The van der Waals surface area contributed by atoms with Crippen LogP contribution in [0.5, 0.6) is 5.75 Å². The molecule has 0 radical (unpaired) electrons. The number of carbonyl (C=O) groups excluding carboxylic acids is 1. The molecule has 4 nitrogen and oxygen atoms in total. The number of fused-ring (bicyclic) bond motifs is 1. The van der Waals surface area contributed by atoms with E-state index in [2.05, 4.69) is 10.6 Å². The summed E-state index contributed by atoms with van der Waals surface area (Å²) in [4.78, 5) is 11.3. The molecule has 21 heavy (non-hydrogen) atoms. The molecule has 0 bridgehead atoms. The second kappa shape index (κ2) is 5.66. The summed E-state index contributed by atoms with van der Waals surface area (Å²) in [5.74, 6) is 0.579. The molecule has 0 atom stereocenters. The van der Waals surface area contributed by atoms with E-state index in [0.717, 1.165) is 21.8 Å². The number of carbonyl (C=O) groups is 1. The molecule has 1 aliphatic rings. The normalized spacial score (nSPS) is 13.1. The molecule has 0 unspecified atom stereocenters. The van der Waals surface area contributed by atoms with E-state index in [1.54, 1.807) is 0 Å². The van der Waals surface area contributed by atoms with E-state index >= 15 is 0 Å². The van der Waals surface area contributed by atoms with E-state index in [-0.39, 0.29) is 12.5 Å². The average Bonchev–Trinajstić information content (AvgIpc) is 2.48. The van der Waals surface area contributed by atoms with E-state index < -0.39 is 0 Å². The molecule has 0 aliphatic carbocycles. The van der Waals surface area contributed by atoms with Gasteiger partial charge in [0.1, 0.15) is 5.75 Å². The summed E-state index contributed by atoms with van der Waals surface area (Å²) in [6, 6.07) is 11.5. The van der Waals surface area contributed by atoms with Crippen molar-refractivity contribution < 1.29 is 9.53 Å². The van der Waals surface area contributed by atoms with Gasteiger partial charge in [0.25, 0.3) is 5.91 Å². The zero-order valence-corrected chi connectivity index (χ0v) is 12.3. The van der Waals surface area contributed by atoms with Crippen LogP contribution in [-0.2, 0) is 11.3 Å². The van der Waals surface area contributed by atoms with E-state index in [1.807, 2.05) is 43.3 Å². The van der Waals surface area contributed by atoms with Gasteiger partial charge in [-0.25, -0.2) is 0 Å².